The molecule has 1 aliphatic heterocycles. The Morgan fingerprint density at radius 3 is 2.64 bits per heavy atom. The Hall–Kier alpha value is -2.32. The Labute approximate surface area is 171 Å². The summed E-state index contributed by atoms with van der Waals surface area (Å²) in [4.78, 5) is 12.7. The molecule has 0 bridgehead atoms. The zero-order valence-electron chi connectivity index (χ0n) is 16.8. The summed E-state index contributed by atoms with van der Waals surface area (Å²) in [5, 5.41) is 6.57. The van der Waals surface area contributed by atoms with Crippen molar-refractivity contribution in [1.29, 1.82) is 0 Å². The lowest BCUT2D eigenvalue weighted by molar-refractivity contribution is -0.140. The van der Waals surface area contributed by atoms with Crippen LogP contribution in [0.15, 0.2) is 29.5 Å². The summed E-state index contributed by atoms with van der Waals surface area (Å²) < 4.78 is 21.5. The van der Waals surface area contributed by atoms with E-state index in [0.717, 1.165) is 18.4 Å². The third kappa shape index (κ3) is 5.59. The SMILES string of the molecule is CCCCOc1ccc(C2NC(=S)NC(C)=C2C(=O)OCCOC)cc1OC. The smallest absolute Gasteiger partial charge is 0.338 e. The van der Waals surface area contributed by atoms with Crippen LogP contribution in [0.5, 0.6) is 11.5 Å². The molecule has 1 heterocycles. The first-order chi connectivity index (χ1) is 13.5. The minimum Gasteiger partial charge on any atom is -0.493 e. The first-order valence-electron chi connectivity index (χ1n) is 9.26. The molecule has 28 heavy (non-hydrogen) atoms. The normalized spacial score (nSPS) is 16.3. The van der Waals surface area contributed by atoms with Gasteiger partial charge in [-0.3, -0.25) is 0 Å². The van der Waals surface area contributed by atoms with Gasteiger partial charge in [-0.25, -0.2) is 4.79 Å². The van der Waals surface area contributed by atoms with Crippen molar-refractivity contribution < 1.29 is 23.7 Å². The average Bonchev–Trinajstić information content (AvgIpc) is 2.67. The lowest BCUT2D eigenvalue weighted by Gasteiger charge is -2.30. The Balaban J connectivity index is 2.30. The van der Waals surface area contributed by atoms with Crippen molar-refractivity contribution in [2.75, 3.05) is 34.0 Å². The summed E-state index contributed by atoms with van der Waals surface area (Å²) >= 11 is 5.28. The molecule has 1 aromatic rings. The second-order valence-corrected chi connectivity index (χ2v) is 6.72. The van der Waals surface area contributed by atoms with Gasteiger partial charge in [0.15, 0.2) is 16.6 Å². The maximum Gasteiger partial charge on any atom is 0.338 e. The fourth-order valence-electron chi connectivity index (χ4n) is 2.82. The average molecular weight is 409 g/mol. The van der Waals surface area contributed by atoms with Crippen molar-refractivity contribution in [3.63, 3.8) is 0 Å². The predicted octanol–water partition coefficient (Wildman–Crippen LogP) is 2.86. The quantitative estimate of drug-likeness (QED) is 0.348. The number of esters is 1. The van der Waals surface area contributed by atoms with Gasteiger partial charge < -0.3 is 29.6 Å². The highest BCUT2D eigenvalue weighted by Gasteiger charge is 2.31. The van der Waals surface area contributed by atoms with E-state index in [2.05, 4.69) is 17.6 Å². The molecule has 154 valence electrons. The molecule has 8 heteroatoms. The van der Waals surface area contributed by atoms with E-state index in [1.807, 2.05) is 18.2 Å². The van der Waals surface area contributed by atoms with Crippen molar-refractivity contribution in [2.45, 2.75) is 32.7 Å². The molecular weight excluding hydrogens is 380 g/mol. The van der Waals surface area contributed by atoms with Crippen molar-refractivity contribution >= 4 is 23.3 Å². The molecule has 0 saturated carbocycles. The Morgan fingerprint density at radius 1 is 1.18 bits per heavy atom. The van der Waals surface area contributed by atoms with Crippen LogP contribution >= 0.6 is 12.2 Å². The summed E-state index contributed by atoms with van der Waals surface area (Å²) in [5.74, 6) is 0.843. The molecule has 0 radical (unpaired) electrons. The maximum absolute atomic E-state index is 12.7. The highest BCUT2D eigenvalue weighted by atomic mass is 32.1. The topological polar surface area (TPSA) is 78.1 Å². The largest absolute Gasteiger partial charge is 0.493 e. The van der Waals surface area contributed by atoms with E-state index in [1.54, 1.807) is 21.1 Å². The van der Waals surface area contributed by atoms with Crippen molar-refractivity contribution in [1.82, 2.24) is 10.6 Å². The number of allylic oxidation sites excluding steroid dienone is 1. The number of ether oxygens (including phenoxy) is 4. The van der Waals surface area contributed by atoms with Crippen LogP contribution in [0.2, 0.25) is 0 Å². The van der Waals surface area contributed by atoms with Gasteiger partial charge in [-0.2, -0.15) is 0 Å². The lowest BCUT2D eigenvalue weighted by Crippen LogP contribution is -2.45. The van der Waals surface area contributed by atoms with Gasteiger partial charge >= 0.3 is 5.97 Å². The Morgan fingerprint density at radius 2 is 1.96 bits per heavy atom. The number of unbranched alkanes of at least 4 members (excludes halogenated alkanes) is 1. The number of thiocarbonyl (C=S) groups is 1. The molecule has 1 aromatic carbocycles. The first-order valence-corrected chi connectivity index (χ1v) is 9.67. The van der Waals surface area contributed by atoms with E-state index in [9.17, 15) is 4.79 Å². The summed E-state index contributed by atoms with van der Waals surface area (Å²) in [5.41, 5.74) is 1.94. The van der Waals surface area contributed by atoms with Gasteiger partial charge in [-0.05, 0) is 43.3 Å². The standard InChI is InChI=1S/C20H28N2O5S/c1-5-6-9-26-15-8-7-14(12-16(15)25-4)18-17(13(2)21-20(28)22-18)19(23)27-11-10-24-3/h7-8,12,18H,5-6,9-11H2,1-4H3,(H2,21,22,28). The highest BCUT2D eigenvalue weighted by molar-refractivity contribution is 7.80. The monoisotopic (exact) mass is 408 g/mol. The number of rotatable bonds is 10. The summed E-state index contributed by atoms with van der Waals surface area (Å²) in [6.45, 7) is 5.04. The number of hydrogen-bond donors (Lipinski definition) is 2. The fraction of sp³-hybridized carbons (Fsp3) is 0.500. The fourth-order valence-corrected chi connectivity index (χ4v) is 3.09. The molecule has 0 spiro atoms. The summed E-state index contributed by atoms with van der Waals surface area (Å²) in [6.07, 6.45) is 2.02. The second-order valence-electron chi connectivity index (χ2n) is 6.31. The number of nitrogens with one attached hydrogen (secondary N) is 2. The van der Waals surface area contributed by atoms with E-state index in [0.29, 0.717) is 41.1 Å². The van der Waals surface area contributed by atoms with Crippen LogP contribution in [0.1, 0.15) is 38.3 Å². The minimum absolute atomic E-state index is 0.177. The Bertz CT molecular complexity index is 735. The summed E-state index contributed by atoms with van der Waals surface area (Å²) in [7, 11) is 3.15. The van der Waals surface area contributed by atoms with Gasteiger partial charge in [-0.1, -0.05) is 19.4 Å². The molecule has 7 nitrogen and oxygen atoms in total. The van der Waals surface area contributed by atoms with Crippen molar-refractivity contribution in [3.05, 3.63) is 35.0 Å². The molecule has 0 aromatic heterocycles. The molecule has 0 amide bonds. The van der Waals surface area contributed by atoms with Crippen molar-refractivity contribution in [2.24, 2.45) is 0 Å². The van der Waals surface area contributed by atoms with Gasteiger partial charge in [0.25, 0.3) is 0 Å². The molecule has 0 fully saturated rings. The number of methoxy groups -OCH3 is 2. The van der Waals surface area contributed by atoms with Crippen LogP contribution in [0.3, 0.4) is 0 Å². The van der Waals surface area contributed by atoms with Crippen LogP contribution in [-0.4, -0.2) is 45.1 Å². The lowest BCUT2D eigenvalue weighted by atomic mass is 9.95. The van der Waals surface area contributed by atoms with E-state index in [4.69, 9.17) is 31.2 Å². The van der Waals surface area contributed by atoms with E-state index < -0.39 is 12.0 Å². The van der Waals surface area contributed by atoms with Crippen LogP contribution in [0.4, 0.5) is 0 Å². The predicted molar refractivity (Wildman–Crippen MR) is 111 cm³/mol. The van der Waals surface area contributed by atoms with Crippen LogP contribution in [-0.2, 0) is 14.3 Å². The van der Waals surface area contributed by atoms with Gasteiger partial charge in [0, 0.05) is 12.8 Å². The number of carbonyl (C=O) groups is 1. The molecule has 1 atom stereocenters. The minimum atomic E-state index is -0.456. The third-order valence-corrected chi connectivity index (χ3v) is 4.51. The number of hydrogen-bond acceptors (Lipinski definition) is 6. The number of carbonyl (C=O) groups excluding carboxylic acids is 1. The Kier molecular flexibility index (Phi) is 8.53. The second kappa shape index (κ2) is 10.9. The van der Waals surface area contributed by atoms with Gasteiger partial charge in [0.2, 0.25) is 0 Å². The first kappa shape index (κ1) is 22.0. The van der Waals surface area contributed by atoms with Crippen LogP contribution in [0.25, 0.3) is 0 Å². The molecule has 2 N–H and O–H groups in total. The molecule has 0 saturated heterocycles. The zero-order chi connectivity index (χ0) is 20.5. The molecule has 1 unspecified atom stereocenters. The van der Waals surface area contributed by atoms with Gasteiger partial charge in [0.05, 0.1) is 31.9 Å². The van der Waals surface area contributed by atoms with Gasteiger partial charge in [-0.15, -0.1) is 0 Å². The molecule has 2 rings (SSSR count). The third-order valence-electron chi connectivity index (χ3n) is 4.29. The number of benzene rings is 1. The molecular formula is C20H28N2O5S. The van der Waals surface area contributed by atoms with Crippen LogP contribution in [0, 0.1) is 0 Å². The summed E-state index contributed by atoms with van der Waals surface area (Å²) in [6, 6.07) is 5.13. The molecule has 1 aliphatic rings. The van der Waals surface area contributed by atoms with Crippen molar-refractivity contribution in [3.8, 4) is 11.5 Å². The highest BCUT2D eigenvalue weighted by Crippen LogP contribution is 2.34. The van der Waals surface area contributed by atoms with Gasteiger partial charge in [0.1, 0.15) is 6.61 Å². The van der Waals surface area contributed by atoms with E-state index in [-0.39, 0.29) is 6.61 Å². The van der Waals surface area contributed by atoms with Crippen LogP contribution < -0.4 is 20.1 Å². The van der Waals surface area contributed by atoms with E-state index >= 15 is 0 Å². The molecule has 0 aliphatic carbocycles. The zero-order valence-corrected chi connectivity index (χ0v) is 17.6. The van der Waals surface area contributed by atoms with E-state index in [1.165, 1.54) is 0 Å². The maximum atomic E-state index is 12.7.